The molecule has 1 aromatic heterocycles. The number of anilines is 1. The summed E-state index contributed by atoms with van der Waals surface area (Å²) < 4.78 is 0. The molecule has 0 saturated carbocycles. The molecule has 0 aromatic carbocycles. The summed E-state index contributed by atoms with van der Waals surface area (Å²) in [5.74, 6) is -0.278. The van der Waals surface area contributed by atoms with Crippen LogP contribution in [0.3, 0.4) is 0 Å². The first-order valence-electron chi connectivity index (χ1n) is 4.95. The second kappa shape index (κ2) is 6.30. The SMILES string of the molecule is Nc1cnc(Cl)cc1C(=O)NCCCCO. The Morgan fingerprint density at radius 3 is 3.00 bits per heavy atom. The van der Waals surface area contributed by atoms with Crippen LogP contribution < -0.4 is 11.1 Å². The molecule has 0 unspecified atom stereocenters. The van der Waals surface area contributed by atoms with Crippen molar-refractivity contribution in [1.82, 2.24) is 10.3 Å². The van der Waals surface area contributed by atoms with Crippen LogP contribution in [0.15, 0.2) is 12.3 Å². The van der Waals surface area contributed by atoms with Crippen LogP contribution in [0.2, 0.25) is 5.15 Å². The summed E-state index contributed by atoms with van der Waals surface area (Å²) in [6.07, 6.45) is 2.73. The lowest BCUT2D eigenvalue weighted by atomic mass is 10.2. The normalized spacial score (nSPS) is 10.1. The van der Waals surface area contributed by atoms with E-state index in [4.69, 9.17) is 22.4 Å². The van der Waals surface area contributed by atoms with Crippen molar-refractivity contribution in [3.8, 4) is 0 Å². The van der Waals surface area contributed by atoms with E-state index in [1.807, 2.05) is 0 Å². The topological polar surface area (TPSA) is 88.2 Å². The van der Waals surface area contributed by atoms with Gasteiger partial charge in [-0.2, -0.15) is 0 Å². The van der Waals surface area contributed by atoms with Gasteiger partial charge in [-0.15, -0.1) is 0 Å². The van der Waals surface area contributed by atoms with Gasteiger partial charge in [0.2, 0.25) is 0 Å². The molecule has 0 aliphatic heterocycles. The molecular weight excluding hydrogens is 230 g/mol. The second-order valence-electron chi connectivity index (χ2n) is 3.28. The predicted octanol–water partition coefficient (Wildman–Crippen LogP) is 0.820. The Morgan fingerprint density at radius 1 is 1.56 bits per heavy atom. The van der Waals surface area contributed by atoms with E-state index >= 15 is 0 Å². The number of hydrogen-bond donors (Lipinski definition) is 3. The van der Waals surface area contributed by atoms with Crippen LogP contribution in [0, 0.1) is 0 Å². The number of halogens is 1. The minimum absolute atomic E-state index is 0.124. The zero-order valence-corrected chi connectivity index (χ0v) is 9.50. The van der Waals surface area contributed by atoms with E-state index in [2.05, 4.69) is 10.3 Å². The van der Waals surface area contributed by atoms with Crippen molar-refractivity contribution in [2.24, 2.45) is 0 Å². The minimum Gasteiger partial charge on any atom is -0.397 e. The number of nitrogen functional groups attached to an aromatic ring is 1. The Hall–Kier alpha value is -1.33. The summed E-state index contributed by atoms with van der Waals surface area (Å²) in [4.78, 5) is 15.4. The molecule has 1 aromatic rings. The fourth-order valence-corrected chi connectivity index (χ4v) is 1.33. The number of carbonyl (C=O) groups is 1. The molecule has 1 heterocycles. The van der Waals surface area contributed by atoms with Gasteiger partial charge in [-0.1, -0.05) is 11.6 Å². The number of rotatable bonds is 5. The van der Waals surface area contributed by atoms with Crippen LogP contribution in [-0.2, 0) is 0 Å². The van der Waals surface area contributed by atoms with Gasteiger partial charge in [-0.3, -0.25) is 4.79 Å². The molecule has 0 aliphatic carbocycles. The molecule has 0 fully saturated rings. The smallest absolute Gasteiger partial charge is 0.253 e. The first-order chi connectivity index (χ1) is 7.65. The number of aliphatic hydroxyl groups excluding tert-OH is 1. The molecule has 0 spiro atoms. The van der Waals surface area contributed by atoms with Crippen molar-refractivity contribution in [2.75, 3.05) is 18.9 Å². The number of nitrogens with two attached hydrogens (primary N) is 1. The zero-order chi connectivity index (χ0) is 12.0. The molecule has 16 heavy (non-hydrogen) atoms. The van der Waals surface area contributed by atoms with Crippen LogP contribution >= 0.6 is 11.6 Å². The number of aliphatic hydroxyl groups is 1. The third kappa shape index (κ3) is 3.67. The predicted molar refractivity (Wildman–Crippen MR) is 62.3 cm³/mol. The lowest BCUT2D eigenvalue weighted by molar-refractivity contribution is 0.0953. The largest absolute Gasteiger partial charge is 0.397 e. The van der Waals surface area contributed by atoms with Gasteiger partial charge in [0.05, 0.1) is 17.4 Å². The average molecular weight is 244 g/mol. The third-order valence-electron chi connectivity index (χ3n) is 2.02. The lowest BCUT2D eigenvalue weighted by Gasteiger charge is -2.06. The van der Waals surface area contributed by atoms with E-state index in [-0.39, 0.29) is 17.7 Å². The average Bonchev–Trinajstić information content (AvgIpc) is 2.27. The summed E-state index contributed by atoms with van der Waals surface area (Å²) in [6, 6.07) is 1.43. The van der Waals surface area contributed by atoms with E-state index in [9.17, 15) is 4.79 Å². The van der Waals surface area contributed by atoms with E-state index in [1.165, 1.54) is 12.3 Å². The van der Waals surface area contributed by atoms with Gasteiger partial charge in [0.25, 0.3) is 5.91 Å². The maximum absolute atomic E-state index is 11.6. The highest BCUT2D eigenvalue weighted by Gasteiger charge is 2.09. The summed E-state index contributed by atoms with van der Waals surface area (Å²) in [7, 11) is 0. The molecule has 1 rings (SSSR count). The van der Waals surface area contributed by atoms with E-state index in [1.54, 1.807) is 0 Å². The van der Waals surface area contributed by atoms with Gasteiger partial charge in [-0.25, -0.2) is 4.98 Å². The number of nitrogens with one attached hydrogen (secondary N) is 1. The first kappa shape index (κ1) is 12.7. The van der Waals surface area contributed by atoms with Crippen LogP contribution in [0.1, 0.15) is 23.2 Å². The fraction of sp³-hybridized carbons (Fsp3) is 0.400. The molecular formula is C10H14ClN3O2. The maximum atomic E-state index is 11.6. The summed E-state index contributed by atoms with van der Waals surface area (Å²) in [5, 5.41) is 11.5. The number of amides is 1. The number of carbonyl (C=O) groups excluding carboxylic acids is 1. The minimum atomic E-state index is -0.278. The highest BCUT2D eigenvalue weighted by molar-refractivity contribution is 6.29. The van der Waals surface area contributed by atoms with Gasteiger partial charge in [0, 0.05) is 13.2 Å². The van der Waals surface area contributed by atoms with Crippen molar-refractivity contribution in [3.05, 3.63) is 23.0 Å². The second-order valence-corrected chi connectivity index (χ2v) is 3.67. The Balaban J connectivity index is 2.55. The van der Waals surface area contributed by atoms with Crippen molar-refractivity contribution < 1.29 is 9.90 Å². The highest BCUT2D eigenvalue weighted by Crippen LogP contribution is 2.14. The Bertz CT molecular complexity index is 371. The molecule has 0 aliphatic rings. The van der Waals surface area contributed by atoms with E-state index < -0.39 is 0 Å². The van der Waals surface area contributed by atoms with Crippen molar-refractivity contribution >= 4 is 23.2 Å². The molecule has 6 heteroatoms. The van der Waals surface area contributed by atoms with Crippen LogP contribution in [0.4, 0.5) is 5.69 Å². The van der Waals surface area contributed by atoms with Crippen LogP contribution in [0.25, 0.3) is 0 Å². The molecule has 1 amide bonds. The third-order valence-corrected chi connectivity index (χ3v) is 2.22. The monoisotopic (exact) mass is 243 g/mol. The van der Waals surface area contributed by atoms with Gasteiger partial charge in [-0.05, 0) is 18.9 Å². The number of aromatic nitrogens is 1. The zero-order valence-electron chi connectivity index (χ0n) is 8.74. The van der Waals surface area contributed by atoms with Gasteiger partial charge in [0.1, 0.15) is 5.15 Å². The first-order valence-corrected chi connectivity index (χ1v) is 5.33. The van der Waals surface area contributed by atoms with Crippen molar-refractivity contribution in [3.63, 3.8) is 0 Å². The fourth-order valence-electron chi connectivity index (χ4n) is 1.17. The lowest BCUT2D eigenvalue weighted by Crippen LogP contribution is -2.25. The van der Waals surface area contributed by atoms with E-state index in [0.717, 1.165) is 6.42 Å². The summed E-state index contributed by atoms with van der Waals surface area (Å²) in [5.41, 5.74) is 6.22. The van der Waals surface area contributed by atoms with E-state index in [0.29, 0.717) is 24.2 Å². The molecule has 0 atom stereocenters. The number of pyridine rings is 1. The summed E-state index contributed by atoms with van der Waals surface area (Å²) >= 11 is 5.66. The number of unbranched alkanes of at least 4 members (excludes halogenated alkanes) is 1. The Labute approximate surface area is 98.6 Å². The standard InChI is InChI=1S/C10H14ClN3O2/c11-9-5-7(8(12)6-14-9)10(16)13-3-1-2-4-15/h5-6,15H,1-4,12H2,(H,13,16). The molecule has 4 N–H and O–H groups in total. The van der Waals surface area contributed by atoms with Gasteiger partial charge in [0.15, 0.2) is 0 Å². The molecule has 0 radical (unpaired) electrons. The Kier molecular flexibility index (Phi) is 5.01. The van der Waals surface area contributed by atoms with Crippen LogP contribution in [-0.4, -0.2) is 29.1 Å². The Morgan fingerprint density at radius 2 is 2.31 bits per heavy atom. The van der Waals surface area contributed by atoms with Gasteiger partial charge >= 0.3 is 0 Å². The van der Waals surface area contributed by atoms with Crippen molar-refractivity contribution in [2.45, 2.75) is 12.8 Å². The number of nitrogens with zero attached hydrogens (tertiary/aromatic N) is 1. The van der Waals surface area contributed by atoms with Gasteiger partial charge < -0.3 is 16.2 Å². The number of hydrogen-bond acceptors (Lipinski definition) is 4. The maximum Gasteiger partial charge on any atom is 0.253 e. The molecule has 0 bridgehead atoms. The van der Waals surface area contributed by atoms with Crippen LogP contribution in [0.5, 0.6) is 0 Å². The van der Waals surface area contributed by atoms with Crippen molar-refractivity contribution in [1.29, 1.82) is 0 Å². The molecule has 0 saturated heterocycles. The summed E-state index contributed by atoms with van der Waals surface area (Å²) in [6.45, 7) is 0.623. The quantitative estimate of drug-likeness (QED) is 0.528. The molecule has 88 valence electrons. The molecule has 5 nitrogen and oxygen atoms in total. The highest BCUT2D eigenvalue weighted by atomic mass is 35.5.